The Kier molecular flexibility index (Phi) is 9.09. The molecule has 9 heteroatoms. The standard InChI is InChI=1S/C24H32N2O7/c1-24(2,3)33-23(32)25-14-6-10-17-21(30)20(22(31)26-17)18(27)13-12-16-8-4-7-15(16)9-5-11-19(28)29/h12-13,15-17,27H,4,6-10,14H2,1-3H3,(H,25,32)(H,26,31)(H,28,29)/b13-12?,20-18-. The summed E-state index contributed by atoms with van der Waals surface area (Å²) in [6.07, 6.45) is 6.53. The third-order valence-corrected chi connectivity index (χ3v) is 5.47. The molecule has 2 aliphatic rings. The van der Waals surface area contributed by atoms with Crippen LogP contribution in [0.3, 0.4) is 0 Å². The lowest BCUT2D eigenvalue weighted by Gasteiger charge is -2.19. The quantitative estimate of drug-likeness (QED) is 0.150. The van der Waals surface area contributed by atoms with Gasteiger partial charge < -0.3 is 25.6 Å². The van der Waals surface area contributed by atoms with Gasteiger partial charge in [0.2, 0.25) is 0 Å². The Bertz CT molecular complexity index is 902. The minimum atomic E-state index is -1.16. The van der Waals surface area contributed by atoms with Gasteiger partial charge in [0, 0.05) is 18.9 Å². The molecule has 0 aromatic heterocycles. The number of amides is 2. The van der Waals surface area contributed by atoms with Crippen molar-refractivity contribution in [3.8, 4) is 11.8 Å². The molecule has 1 aliphatic heterocycles. The lowest BCUT2D eigenvalue weighted by Crippen LogP contribution is -2.34. The van der Waals surface area contributed by atoms with Gasteiger partial charge in [0.1, 0.15) is 16.9 Å². The molecule has 1 aliphatic carbocycles. The van der Waals surface area contributed by atoms with Crippen LogP contribution in [0.5, 0.6) is 0 Å². The van der Waals surface area contributed by atoms with E-state index in [0.717, 1.165) is 19.3 Å². The zero-order chi connectivity index (χ0) is 24.6. The number of hydrogen-bond acceptors (Lipinski definition) is 6. The molecule has 0 radical (unpaired) electrons. The number of ether oxygens (including phenoxy) is 1. The summed E-state index contributed by atoms with van der Waals surface area (Å²) < 4.78 is 5.14. The van der Waals surface area contributed by atoms with Gasteiger partial charge in [-0.05, 0) is 64.4 Å². The molecule has 9 nitrogen and oxygen atoms in total. The molecule has 0 aromatic carbocycles. The molecule has 0 spiro atoms. The van der Waals surface area contributed by atoms with E-state index in [-0.39, 0.29) is 29.7 Å². The zero-order valence-corrected chi connectivity index (χ0v) is 19.3. The SMILES string of the molecule is CC(C)(C)OC(=O)NCCCC1NC(=O)/C(=C(\O)C=CC2CCCC2CC#CC(=O)O)C1=O. The summed E-state index contributed by atoms with van der Waals surface area (Å²) in [4.78, 5) is 47.1. The molecule has 4 N–H and O–H groups in total. The van der Waals surface area contributed by atoms with Crippen molar-refractivity contribution in [1.29, 1.82) is 0 Å². The Hall–Kier alpha value is -3.28. The lowest BCUT2D eigenvalue weighted by molar-refractivity contribution is -0.130. The Morgan fingerprint density at radius 1 is 1.24 bits per heavy atom. The average molecular weight is 461 g/mol. The maximum atomic E-state index is 12.6. The fourth-order valence-electron chi connectivity index (χ4n) is 3.97. The van der Waals surface area contributed by atoms with E-state index in [1.165, 1.54) is 6.08 Å². The molecule has 1 saturated heterocycles. The van der Waals surface area contributed by atoms with Crippen LogP contribution < -0.4 is 10.6 Å². The summed E-state index contributed by atoms with van der Waals surface area (Å²) in [5, 5.41) is 24.2. The van der Waals surface area contributed by atoms with Crippen LogP contribution in [-0.2, 0) is 19.1 Å². The van der Waals surface area contributed by atoms with Crippen LogP contribution in [0.2, 0.25) is 0 Å². The van der Waals surface area contributed by atoms with Crippen LogP contribution in [0, 0.1) is 23.7 Å². The van der Waals surface area contributed by atoms with Gasteiger partial charge in [0.25, 0.3) is 5.91 Å². The number of Topliss-reactive ketones (excluding diaryl/α,β-unsaturated/α-hetero) is 1. The number of aliphatic hydroxyl groups excluding tert-OH is 1. The van der Waals surface area contributed by atoms with Crippen LogP contribution >= 0.6 is 0 Å². The number of alkyl carbamates (subject to hydrolysis) is 1. The summed E-state index contributed by atoms with van der Waals surface area (Å²) in [6, 6.07) is -0.756. The van der Waals surface area contributed by atoms with Crippen LogP contribution in [0.15, 0.2) is 23.5 Å². The number of rotatable bonds is 7. The Morgan fingerprint density at radius 2 is 1.97 bits per heavy atom. The van der Waals surface area contributed by atoms with Crippen molar-refractivity contribution in [2.45, 2.75) is 70.9 Å². The third-order valence-electron chi connectivity index (χ3n) is 5.47. The first-order valence-corrected chi connectivity index (χ1v) is 11.1. The number of ketones is 1. The van der Waals surface area contributed by atoms with Gasteiger partial charge in [0.15, 0.2) is 5.78 Å². The summed E-state index contributed by atoms with van der Waals surface area (Å²) in [5.41, 5.74) is -0.870. The highest BCUT2D eigenvalue weighted by atomic mass is 16.6. The Morgan fingerprint density at radius 3 is 2.64 bits per heavy atom. The van der Waals surface area contributed by atoms with Gasteiger partial charge in [-0.25, -0.2) is 9.59 Å². The highest BCUT2D eigenvalue weighted by molar-refractivity contribution is 6.27. The van der Waals surface area contributed by atoms with Crippen LogP contribution in [-0.4, -0.2) is 52.2 Å². The number of allylic oxidation sites excluding steroid dienone is 2. The second kappa shape index (κ2) is 11.5. The van der Waals surface area contributed by atoms with E-state index in [2.05, 4.69) is 22.5 Å². The lowest BCUT2D eigenvalue weighted by atomic mass is 9.92. The highest BCUT2D eigenvalue weighted by Gasteiger charge is 2.37. The topological polar surface area (TPSA) is 142 Å². The third kappa shape index (κ3) is 8.29. The molecule has 2 fully saturated rings. The predicted molar refractivity (Wildman–Crippen MR) is 120 cm³/mol. The van der Waals surface area contributed by atoms with E-state index < -0.39 is 35.4 Å². The number of hydrogen-bond donors (Lipinski definition) is 4. The molecule has 0 aromatic rings. The minimum absolute atomic E-state index is 0.0881. The van der Waals surface area contributed by atoms with Crippen molar-refractivity contribution in [2.24, 2.45) is 11.8 Å². The number of carboxylic acid groups (broad SMARTS) is 1. The molecule has 2 rings (SSSR count). The number of carbonyl (C=O) groups excluding carboxylic acids is 3. The molecule has 1 heterocycles. The Balaban J connectivity index is 1.90. The zero-order valence-electron chi connectivity index (χ0n) is 19.3. The van der Waals surface area contributed by atoms with E-state index in [0.29, 0.717) is 19.3 Å². The number of aliphatic carboxylic acids is 1. The van der Waals surface area contributed by atoms with Crippen molar-refractivity contribution < 1.29 is 34.1 Å². The van der Waals surface area contributed by atoms with Crippen LogP contribution in [0.4, 0.5) is 4.79 Å². The number of nitrogens with one attached hydrogen (secondary N) is 2. The molecule has 1 saturated carbocycles. The minimum Gasteiger partial charge on any atom is -0.507 e. The molecular weight excluding hydrogens is 428 g/mol. The van der Waals surface area contributed by atoms with Crippen molar-refractivity contribution in [3.63, 3.8) is 0 Å². The van der Waals surface area contributed by atoms with E-state index in [4.69, 9.17) is 9.84 Å². The van der Waals surface area contributed by atoms with Crippen molar-refractivity contribution in [3.05, 3.63) is 23.5 Å². The van der Waals surface area contributed by atoms with Gasteiger partial charge in [-0.2, -0.15) is 0 Å². The van der Waals surface area contributed by atoms with Gasteiger partial charge in [-0.1, -0.05) is 18.4 Å². The fraction of sp³-hybridized carbons (Fsp3) is 0.583. The first-order chi connectivity index (χ1) is 15.5. The first-order valence-electron chi connectivity index (χ1n) is 11.1. The van der Waals surface area contributed by atoms with E-state index in [1.54, 1.807) is 26.8 Å². The van der Waals surface area contributed by atoms with E-state index >= 15 is 0 Å². The largest absolute Gasteiger partial charge is 0.507 e. The number of carbonyl (C=O) groups is 4. The predicted octanol–water partition coefficient (Wildman–Crippen LogP) is 2.62. The van der Waals surface area contributed by atoms with Crippen molar-refractivity contribution >= 4 is 23.8 Å². The normalized spacial score (nSPS) is 24.3. The molecular formula is C24H32N2O7. The smallest absolute Gasteiger partial charge is 0.407 e. The van der Waals surface area contributed by atoms with Crippen LogP contribution in [0.1, 0.15) is 59.3 Å². The molecule has 180 valence electrons. The maximum absolute atomic E-state index is 12.6. The van der Waals surface area contributed by atoms with Gasteiger partial charge in [-0.15, -0.1) is 0 Å². The molecule has 3 unspecified atom stereocenters. The monoisotopic (exact) mass is 460 g/mol. The van der Waals surface area contributed by atoms with Crippen molar-refractivity contribution in [2.75, 3.05) is 6.54 Å². The van der Waals surface area contributed by atoms with Crippen LogP contribution in [0.25, 0.3) is 0 Å². The van der Waals surface area contributed by atoms with E-state index in [1.807, 2.05) is 0 Å². The summed E-state index contributed by atoms with van der Waals surface area (Å²) >= 11 is 0. The molecule has 0 bridgehead atoms. The fourth-order valence-corrected chi connectivity index (χ4v) is 3.97. The van der Waals surface area contributed by atoms with Crippen molar-refractivity contribution in [1.82, 2.24) is 10.6 Å². The first kappa shape index (κ1) is 26.0. The second-order valence-electron chi connectivity index (χ2n) is 9.25. The molecule has 33 heavy (non-hydrogen) atoms. The number of carboxylic acids is 1. The maximum Gasteiger partial charge on any atom is 0.407 e. The molecule has 3 atom stereocenters. The van der Waals surface area contributed by atoms with Gasteiger partial charge in [0.05, 0.1) is 6.04 Å². The second-order valence-corrected chi connectivity index (χ2v) is 9.25. The van der Waals surface area contributed by atoms with Gasteiger partial charge in [-0.3, -0.25) is 9.59 Å². The van der Waals surface area contributed by atoms with E-state index in [9.17, 15) is 24.3 Å². The van der Waals surface area contributed by atoms with Gasteiger partial charge >= 0.3 is 12.1 Å². The summed E-state index contributed by atoms with van der Waals surface area (Å²) in [5.74, 6) is 2.38. The number of aliphatic hydroxyl groups is 1. The highest BCUT2D eigenvalue weighted by Crippen LogP contribution is 2.35. The molecule has 2 amide bonds. The average Bonchev–Trinajstić information content (AvgIpc) is 3.25. The Labute approximate surface area is 193 Å². The summed E-state index contributed by atoms with van der Waals surface area (Å²) in [7, 11) is 0. The summed E-state index contributed by atoms with van der Waals surface area (Å²) in [6.45, 7) is 5.56.